The van der Waals surface area contributed by atoms with E-state index in [1.54, 1.807) is 18.2 Å². The van der Waals surface area contributed by atoms with Gasteiger partial charge in [-0.25, -0.2) is 4.39 Å². The van der Waals surface area contributed by atoms with Gasteiger partial charge in [-0.2, -0.15) is 0 Å². The van der Waals surface area contributed by atoms with Crippen molar-refractivity contribution in [3.63, 3.8) is 0 Å². The third-order valence-corrected chi connectivity index (χ3v) is 3.75. The van der Waals surface area contributed by atoms with Gasteiger partial charge in [0.25, 0.3) is 5.91 Å². The Morgan fingerprint density at radius 2 is 1.96 bits per heavy atom. The molecule has 1 amide bonds. The third-order valence-electron chi connectivity index (χ3n) is 3.75. The van der Waals surface area contributed by atoms with Crippen LogP contribution in [0.1, 0.15) is 24.3 Å². The van der Waals surface area contributed by atoms with Crippen LogP contribution in [0.25, 0.3) is 0 Å². The summed E-state index contributed by atoms with van der Waals surface area (Å²) in [7, 11) is 0. The molecule has 1 unspecified atom stereocenters. The van der Waals surface area contributed by atoms with E-state index < -0.39 is 6.23 Å². The van der Waals surface area contributed by atoms with Gasteiger partial charge in [0.1, 0.15) is 18.2 Å². The number of hydrogen-bond acceptors (Lipinski definition) is 3. The molecule has 0 spiro atoms. The van der Waals surface area contributed by atoms with E-state index in [9.17, 15) is 9.18 Å². The van der Waals surface area contributed by atoms with Crippen LogP contribution >= 0.6 is 0 Å². The highest BCUT2D eigenvalue weighted by atomic mass is 19.1. The Morgan fingerprint density at radius 1 is 1.22 bits per heavy atom. The summed E-state index contributed by atoms with van der Waals surface area (Å²) < 4.78 is 25.1. The molecule has 5 heteroatoms. The molecule has 0 radical (unpaired) electrons. The van der Waals surface area contributed by atoms with Gasteiger partial charge in [-0.15, -0.1) is 0 Å². The number of rotatable bonds is 5. The molecule has 120 valence electrons. The fourth-order valence-electron chi connectivity index (χ4n) is 2.66. The molecule has 1 aliphatic rings. The molecule has 0 saturated carbocycles. The molecule has 2 aromatic rings. The Morgan fingerprint density at radius 3 is 2.74 bits per heavy atom. The van der Waals surface area contributed by atoms with Crippen LogP contribution in [-0.2, 0) is 16.1 Å². The average Bonchev–Trinajstić information content (AvgIpc) is 2.91. The van der Waals surface area contributed by atoms with Crippen LogP contribution in [0.5, 0.6) is 5.75 Å². The van der Waals surface area contributed by atoms with Gasteiger partial charge in [-0.05, 0) is 19.1 Å². The fraction of sp³-hybridized carbons (Fsp3) is 0.278. The maximum absolute atomic E-state index is 13.9. The van der Waals surface area contributed by atoms with E-state index in [2.05, 4.69) is 0 Å². The second-order valence-corrected chi connectivity index (χ2v) is 5.25. The van der Waals surface area contributed by atoms with Gasteiger partial charge in [-0.3, -0.25) is 4.79 Å². The van der Waals surface area contributed by atoms with E-state index in [-0.39, 0.29) is 24.9 Å². The van der Waals surface area contributed by atoms with Crippen molar-refractivity contribution in [3.8, 4) is 5.75 Å². The quantitative estimate of drug-likeness (QED) is 0.850. The van der Waals surface area contributed by atoms with Gasteiger partial charge in [0.05, 0.1) is 13.2 Å². The molecule has 4 nitrogen and oxygen atoms in total. The van der Waals surface area contributed by atoms with Crippen LogP contribution in [0.15, 0.2) is 48.5 Å². The van der Waals surface area contributed by atoms with Crippen molar-refractivity contribution in [1.82, 2.24) is 4.90 Å². The van der Waals surface area contributed by atoms with Crippen LogP contribution in [0.3, 0.4) is 0 Å². The average molecular weight is 315 g/mol. The molecule has 0 aromatic heterocycles. The monoisotopic (exact) mass is 315 g/mol. The molecule has 1 saturated heterocycles. The Balaban J connectivity index is 1.90. The minimum atomic E-state index is -0.565. The standard InChI is InChI=1S/C18H18FNO3/c1-2-22-16-10-6-4-8-14(16)18-20(17(21)12-23-18)11-13-7-3-5-9-15(13)19/h3-10,18H,2,11-12H2,1H3. The van der Waals surface area contributed by atoms with Gasteiger partial charge in [-0.1, -0.05) is 36.4 Å². The van der Waals surface area contributed by atoms with Crippen LogP contribution in [0, 0.1) is 5.82 Å². The van der Waals surface area contributed by atoms with E-state index in [4.69, 9.17) is 9.47 Å². The summed E-state index contributed by atoms with van der Waals surface area (Å²) in [5, 5.41) is 0. The van der Waals surface area contributed by atoms with E-state index in [0.717, 1.165) is 5.56 Å². The number of carbonyl (C=O) groups is 1. The van der Waals surface area contributed by atoms with Crippen LogP contribution in [-0.4, -0.2) is 24.0 Å². The summed E-state index contributed by atoms with van der Waals surface area (Å²) in [5.74, 6) is 0.182. The summed E-state index contributed by atoms with van der Waals surface area (Å²) in [6.45, 7) is 2.57. The number of amides is 1. The summed E-state index contributed by atoms with van der Waals surface area (Å²) in [4.78, 5) is 13.7. The van der Waals surface area contributed by atoms with Gasteiger partial charge in [0, 0.05) is 11.1 Å². The maximum atomic E-state index is 13.9. The van der Waals surface area contributed by atoms with E-state index >= 15 is 0 Å². The molecule has 0 aliphatic carbocycles. The van der Waals surface area contributed by atoms with Gasteiger partial charge >= 0.3 is 0 Å². The fourth-order valence-corrected chi connectivity index (χ4v) is 2.66. The molecule has 0 bridgehead atoms. The lowest BCUT2D eigenvalue weighted by molar-refractivity contribution is -0.128. The number of hydrogen-bond donors (Lipinski definition) is 0. The Kier molecular flexibility index (Phi) is 4.57. The predicted molar refractivity (Wildman–Crippen MR) is 83.3 cm³/mol. The van der Waals surface area contributed by atoms with Crippen molar-refractivity contribution in [3.05, 3.63) is 65.5 Å². The van der Waals surface area contributed by atoms with Crippen molar-refractivity contribution >= 4 is 5.91 Å². The summed E-state index contributed by atoms with van der Waals surface area (Å²) in [6.07, 6.45) is -0.565. The van der Waals surface area contributed by atoms with E-state index in [1.807, 2.05) is 31.2 Å². The highest BCUT2D eigenvalue weighted by molar-refractivity contribution is 5.79. The Bertz CT molecular complexity index is 704. The number of carbonyl (C=O) groups excluding carboxylic acids is 1. The summed E-state index contributed by atoms with van der Waals surface area (Å²) in [5.41, 5.74) is 1.24. The van der Waals surface area contributed by atoms with Gasteiger partial charge < -0.3 is 14.4 Å². The highest BCUT2D eigenvalue weighted by Gasteiger charge is 2.35. The Labute approximate surface area is 134 Å². The predicted octanol–water partition coefficient (Wildman–Crippen LogP) is 3.28. The first-order valence-electron chi connectivity index (χ1n) is 7.57. The molecule has 3 rings (SSSR count). The second kappa shape index (κ2) is 6.79. The summed E-state index contributed by atoms with van der Waals surface area (Å²) >= 11 is 0. The number of para-hydroxylation sites is 1. The first kappa shape index (κ1) is 15.5. The lowest BCUT2D eigenvalue weighted by Gasteiger charge is -2.25. The number of halogens is 1. The molecule has 1 fully saturated rings. The molecular formula is C18H18FNO3. The lowest BCUT2D eigenvalue weighted by atomic mass is 10.1. The first-order chi connectivity index (χ1) is 11.2. The molecule has 1 atom stereocenters. The number of nitrogens with zero attached hydrogens (tertiary/aromatic N) is 1. The summed E-state index contributed by atoms with van der Waals surface area (Å²) in [6, 6.07) is 13.9. The zero-order valence-corrected chi connectivity index (χ0v) is 12.9. The molecule has 23 heavy (non-hydrogen) atoms. The van der Waals surface area contributed by atoms with Gasteiger partial charge in [0.2, 0.25) is 0 Å². The minimum absolute atomic E-state index is 0.0143. The smallest absolute Gasteiger partial charge is 0.251 e. The topological polar surface area (TPSA) is 38.8 Å². The van der Waals surface area contributed by atoms with E-state index in [0.29, 0.717) is 17.9 Å². The van der Waals surface area contributed by atoms with Crippen molar-refractivity contribution in [2.24, 2.45) is 0 Å². The lowest BCUT2D eigenvalue weighted by Crippen LogP contribution is -2.28. The normalized spacial score (nSPS) is 17.6. The van der Waals surface area contributed by atoms with Crippen molar-refractivity contribution in [2.75, 3.05) is 13.2 Å². The number of benzene rings is 2. The van der Waals surface area contributed by atoms with E-state index in [1.165, 1.54) is 11.0 Å². The highest BCUT2D eigenvalue weighted by Crippen LogP contribution is 2.35. The molecule has 1 heterocycles. The molecule has 1 aliphatic heterocycles. The number of ether oxygens (including phenoxy) is 2. The maximum Gasteiger partial charge on any atom is 0.251 e. The molecule has 2 aromatic carbocycles. The van der Waals surface area contributed by atoms with Crippen molar-refractivity contribution < 1.29 is 18.7 Å². The third kappa shape index (κ3) is 3.19. The zero-order valence-electron chi connectivity index (χ0n) is 12.9. The molecular weight excluding hydrogens is 297 g/mol. The molecule has 0 N–H and O–H groups in total. The second-order valence-electron chi connectivity index (χ2n) is 5.25. The van der Waals surface area contributed by atoms with Gasteiger partial charge in [0.15, 0.2) is 6.23 Å². The minimum Gasteiger partial charge on any atom is -0.493 e. The first-order valence-corrected chi connectivity index (χ1v) is 7.57. The SMILES string of the molecule is CCOc1ccccc1C1OCC(=O)N1Cc1ccccc1F. The van der Waals surface area contributed by atoms with Crippen LogP contribution in [0.2, 0.25) is 0 Å². The van der Waals surface area contributed by atoms with Crippen molar-refractivity contribution in [2.45, 2.75) is 19.7 Å². The van der Waals surface area contributed by atoms with Crippen LogP contribution in [0.4, 0.5) is 4.39 Å². The Hall–Kier alpha value is -2.40. The zero-order chi connectivity index (χ0) is 16.2. The van der Waals surface area contributed by atoms with Crippen LogP contribution < -0.4 is 4.74 Å². The largest absolute Gasteiger partial charge is 0.493 e. The van der Waals surface area contributed by atoms with Crippen molar-refractivity contribution in [1.29, 1.82) is 0 Å².